The quantitative estimate of drug-likeness (QED) is 0.474. The molecule has 19 heavy (non-hydrogen) atoms. The Morgan fingerprint density at radius 3 is 2.79 bits per heavy atom. The summed E-state index contributed by atoms with van der Waals surface area (Å²) in [5.74, 6) is 0.138. The van der Waals surface area contributed by atoms with Crippen LogP contribution >= 0.6 is 0 Å². The van der Waals surface area contributed by atoms with E-state index in [1.54, 1.807) is 0 Å². The number of carbonyl (C=O) groups is 1. The molecule has 2 aliphatic carbocycles. The summed E-state index contributed by atoms with van der Waals surface area (Å²) in [5, 5.41) is 10.3. The van der Waals surface area contributed by atoms with Crippen molar-refractivity contribution in [2.75, 3.05) is 7.11 Å². The van der Waals surface area contributed by atoms with Crippen LogP contribution in [0.2, 0.25) is 0 Å². The number of methoxy groups -OCH3 is 1. The van der Waals surface area contributed by atoms with Crippen LogP contribution in [0.15, 0.2) is 24.3 Å². The van der Waals surface area contributed by atoms with E-state index < -0.39 is 0 Å². The first-order chi connectivity index (χ1) is 8.90. The molecule has 0 amide bonds. The molecule has 0 radical (unpaired) electrons. The third-order valence-electron chi connectivity index (χ3n) is 5.28. The highest BCUT2D eigenvalue weighted by molar-refractivity contribution is 5.88. The summed E-state index contributed by atoms with van der Waals surface area (Å²) in [7, 11) is 1.39. The van der Waals surface area contributed by atoms with Crippen molar-refractivity contribution in [3.8, 4) is 0 Å². The van der Waals surface area contributed by atoms with Crippen LogP contribution in [0.4, 0.5) is 0 Å². The predicted octanol–water partition coefficient (Wildman–Crippen LogP) is 2.85. The number of hydrogen-bond donors (Lipinski definition) is 1. The summed E-state index contributed by atoms with van der Waals surface area (Å²) in [5.41, 5.74) is 1.70. The molecule has 4 unspecified atom stereocenters. The minimum Gasteiger partial charge on any atom is -0.466 e. The zero-order chi connectivity index (χ0) is 14.2. The molecule has 4 atom stereocenters. The standard InChI is InChI=1S/C16H24O3/c1-10-5-6-14(17)16(3)8-7-12(9-13(10)16)11(2)15(18)19-4/h12-14,17H,1-2,5-9H2,3-4H3. The van der Waals surface area contributed by atoms with Crippen molar-refractivity contribution in [3.05, 3.63) is 24.3 Å². The molecule has 0 aliphatic heterocycles. The van der Waals surface area contributed by atoms with E-state index in [9.17, 15) is 9.90 Å². The average molecular weight is 264 g/mol. The van der Waals surface area contributed by atoms with E-state index in [4.69, 9.17) is 4.74 Å². The number of aliphatic hydroxyl groups is 1. The monoisotopic (exact) mass is 264 g/mol. The van der Waals surface area contributed by atoms with Gasteiger partial charge in [-0.05, 0) is 43.9 Å². The third kappa shape index (κ3) is 2.36. The maximum absolute atomic E-state index is 11.6. The van der Waals surface area contributed by atoms with Crippen LogP contribution < -0.4 is 0 Å². The van der Waals surface area contributed by atoms with Crippen LogP contribution in [0.1, 0.15) is 39.0 Å². The molecule has 0 heterocycles. The average Bonchev–Trinajstić information content (AvgIpc) is 2.41. The lowest BCUT2D eigenvalue weighted by molar-refractivity contribution is -0.137. The number of rotatable bonds is 2. The van der Waals surface area contributed by atoms with Crippen molar-refractivity contribution in [1.29, 1.82) is 0 Å². The van der Waals surface area contributed by atoms with Gasteiger partial charge in [-0.2, -0.15) is 0 Å². The number of fused-ring (bicyclic) bond motifs is 1. The fourth-order valence-electron chi connectivity index (χ4n) is 3.80. The van der Waals surface area contributed by atoms with Gasteiger partial charge in [0.05, 0.1) is 13.2 Å². The molecule has 0 saturated heterocycles. The van der Waals surface area contributed by atoms with Crippen LogP contribution in [0.25, 0.3) is 0 Å². The van der Waals surface area contributed by atoms with Crippen molar-refractivity contribution < 1.29 is 14.6 Å². The largest absolute Gasteiger partial charge is 0.466 e. The highest BCUT2D eigenvalue weighted by Gasteiger charge is 2.48. The third-order valence-corrected chi connectivity index (χ3v) is 5.28. The minimum absolute atomic E-state index is 0.0811. The van der Waals surface area contributed by atoms with Gasteiger partial charge >= 0.3 is 5.97 Å². The number of hydrogen-bond acceptors (Lipinski definition) is 3. The van der Waals surface area contributed by atoms with Crippen molar-refractivity contribution in [1.82, 2.24) is 0 Å². The van der Waals surface area contributed by atoms with Gasteiger partial charge in [0.15, 0.2) is 0 Å². The molecule has 0 spiro atoms. The van der Waals surface area contributed by atoms with Crippen molar-refractivity contribution >= 4 is 5.97 Å². The first-order valence-electron chi connectivity index (χ1n) is 7.03. The number of carbonyl (C=O) groups excluding carboxylic acids is 1. The smallest absolute Gasteiger partial charge is 0.333 e. The van der Waals surface area contributed by atoms with E-state index in [0.29, 0.717) is 5.57 Å². The van der Waals surface area contributed by atoms with E-state index in [1.165, 1.54) is 12.7 Å². The summed E-state index contributed by atoms with van der Waals surface area (Å²) in [6.07, 6.45) is 4.12. The van der Waals surface area contributed by atoms with Crippen LogP contribution in [0.5, 0.6) is 0 Å². The normalized spacial score (nSPS) is 38.5. The van der Waals surface area contributed by atoms with Gasteiger partial charge in [0.1, 0.15) is 0 Å². The van der Waals surface area contributed by atoms with Gasteiger partial charge in [0.25, 0.3) is 0 Å². The Hall–Kier alpha value is -1.09. The molecular weight excluding hydrogens is 240 g/mol. The first kappa shape index (κ1) is 14.3. The summed E-state index contributed by atoms with van der Waals surface area (Å²) in [6, 6.07) is 0. The van der Waals surface area contributed by atoms with Gasteiger partial charge < -0.3 is 9.84 Å². The van der Waals surface area contributed by atoms with E-state index >= 15 is 0 Å². The van der Waals surface area contributed by atoms with E-state index in [1.807, 2.05) is 0 Å². The summed E-state index contributed by atoms with van der Waals surface area (Å²) in [6.45, 7) is 10.2. The summed E-state index contributed by atoms with van der Waals surface area (Å²) >= 11 is 0. The second-order valence-corrected chi connectivity index (χ2v) is 6.26. The highest BCUT2D eigenvalue weighted by Crippen LogP contribution is 2.54. The lowest BCUT2D eigenvalue weighted by atomic mass is 9.55. The molecule has 0 aromatic heterocycles. The lowest BCUT2D eigenvalue weighted by Crippen LogP contribution is -2.47. The molecule has 0 aromatic carbocycles. The van der Waals surface area contributed by atoms with Gasteiger partial charge in [0.2, 0.25) is 0 Å². The molecule has 2 saturated carbocycles. The molecule has 0 aromatic rings. The van der Waals surface area contributed by atoms with Crippen molar-refractivity contribution in [3.63, 3.8) is 0 Å². The predicted molar refractivity (Wildman–Crippen MR) is 74.5 cm³/mol. The molecule has 3 heteroatoms. The molecule has 2 aliphatic rings. The molecule has 1 N–H and O–H groups in total. The Morgan fingerprint density at radius 2 is 2.16 bits per heavy atom. The van der Waals surface area contributed by atoms with Gasteiger partial charge in [-0.15, -0.1) is 0 Å². The Kier molecular flexibility index (Phi) is 3.86. The Labute approximate surface area is 115 Å². The maximum Gasteiger partial charge on any atom is 0.333 e. The van der Waals surface area contributed by atoms with Crippen LogP contribution in [0, 0.1) is 17.3 Å². The van der Waals surface area contributed by atoms with Crippen molar-refractivity contribution in [2.24, 2.45) is 17.3 Å². The summed E-state index contributed by atoms with van der Waals surface area (Å²) < 4.78 is 4.76. The van der Waals surface area contributed by atoms with Gasteiger partial charge in [0, 0.05) is 11.0 Å². The molecule has 106 valence electrons. The number of allylic oxidation sites excluding steroid dienone is 1. The van der Waals surface area contributed by atoms with Gasteiger partial charge in [-0.25, -0.2) is 4.79 Å². The zero-order valence-corrected chi connectivity index (χ0v) is 11.9. The minimum atomic E-state index is -0.310. The van der Waals surface area contributed by atoms with E-state index in [0.717, 1.165) is 32.1 Å². The Balaban J connectivity index is 2.16. The van der Waals surface area contributed by atoms with E-state index in [-0.39, 0.29) is 29.3 Å². The SMILES string of the molecule is C=C(C(=O)OC)C1CCC2(C)C(O)CCC(=C)C2C1. The lowest BCUT2D eigenvalue weighted by Gasteiger charge is -2.51. The molecule has 3 nitrogen and oxygen atoms in total. The highest BCUT2D eigenvalue weighted by atomic mass is 16.5. The van der Waals surface area contributed by atoms with Crippen LogP contribution in [-0.4, -0.2) is 24.3 Å². The maximum atomic E-state index is 11.6. The molecule has 2 fully saturated rings. The van der Waals surface area contributed by atoms with Crippen molar-refractivity contribution in [2.45, 2.75) is 45.1 Å². The molecular formula is C16H24O3. The van der Waals surface area contributed by atoms with Crippen LogP contribution in [-0.2, 0) is 9.53 Å². The number of aliphatic hydroxyl groups excluding tert-OH is 1. The van der Waals surface area contributed by atoms with E-state index in [2.05, 4.69) is 20.1 Å². The second kappa shape index (κ2) is 5.12. The Bertz CT molecular complexity index is 412. The number of esters is 1. The summed E-state index contributed by atoms with van der Waals surface area (Å²) in [4.78, 5) is 11.6. The second-order valence-electron chi connectivity index (χ2n) is 6.26. The first-order valence-corrected chi connectivity index (χ1v) is 7.03. The number of ether oxygens (including phenoxy) is 1. The molecule has 2 rings (SSSR count). The zero-order valence-electron chi connectivity index (χ0n) is 11.9. The Morgan fingerprint density at radius 1 is 1.47 bits per heavy atom. The van der Waals surface area contributed by atoms with Crippen LogP contribution in [0.3, 0.4) is 0 Å². The topological polar surface area (TPSA) is 46.5 Å². The fourth-order valence-corrected chi connectivity index (χ4v) is 3.80. The van der Waals surface area contributed by atoms with Gasteiger partial charge in [-0.3, -0.25) is 0 Å². The fraction of sp³-hybridized carbons (Fsp3) is 0.688. The molecule has 0 bridgehead atoms. The van der Waals surface area contributed by atoms with Gasteiger partial charge in [-0.1, -0.05) is 25.7 Å².